The Kier molecular flexibility index (Phi) is 4.54. The van der Waals surface area contributed by atoms with Crippen LogP contribution in [0.15, 0.2) is 41.6 Å². The number of nitrogens with one attached hydrogen (secondary N) is 2. The van der Waals surface area contributed by atoms with Crippen LogP contribution in [0.1, 0.15) is 11.1 Å². The van der Waals surface area contributed by atoms with E-state index in [2.05, 4.69) is 15.0 Å². The topological polar surface area (TPSA) is 71.1 Å². The third-order valence-corrected chi connectivity index (χ3v) is 4.18. The molecule has 2 aromatic rings. The molecule has 0 amide bonds. The average Bonchev–Trinajstić information content (AvgIpc) is 2.44. The van der Waals surface area contributed by atoms with Gasteiger partial charge < -0.3 is 5.32 Å². The first-order chi connectivity index (χ1) is 9.92. The van der Waals surface area contributed by atoms with Gasteiger partial charge in [0.2, 0.25) is 0 Å². The first-order valence-corrected chi connectivity index (χ1v) is 7.79. The highest BCUT2D eigenvalue weighted by molar-refractivity contribution is 7.92. The molecule has 1 aromatic heterocycles. The van der Waals surface area contributed by atoms with Crippen LogP contribution in [-0.4, -0.2) is 20.4 Å². The Morgan fingerprint density at radius 1 is 1.24 bits per heavy atom. The molecule has 1 aromatic carbocycles. The van der Waals surface area contributed by atoms with E-state index in [0.717, 1.165) is 11.6 Å². The number of halogens is 1. The molecule has 0 saturated heterocycles. The largest absolute Gasteiger partial charge is 0.316 e. The van der Waals surface area contributed by atoms with E-state index in [-0.39, 0.29) is 10.7 Å². The highest BCUT2D eigenvalue weighted by Gasteiger charge is 2.17. The van der Waals surface area contributed by atoms with E-state index >= 15 is 0 Å². The molecule has 0 unspecified atom stereocenters. The first-order valence-electron chi connectivity index (χ1n) is 6.31. The van der Waals surface area contributed by atoms with Crippen molar-refractivity contribution >= 4 is 15.7 Å². The third-order valence-electron chi connectivity index (χ3n) is 2.90. The van der Waals surface area contributed by atoms with E-state index in [1.807, 2.05) is 0 Å². The Morgan fingerprint density at radius 3 is 2.62 bits per heavy atom. The molecule has 7 heteroatoms. The number of pyridine rings is 1. The van der Waals surface area contributed by atoms with E-state index in [1.165, 1.54) is 24.4 Å². The molecule has 2 N–H and O–H groups in total. The molecule has 0 atom stereocenters. The van der Waals surface area contributed by atoms with Gasteiger partial charge in [-0.05, 0) is 43.3 Å². The molecular formula is C14H16FN3O2S. The average molecular weight is 309 g/mol. The molecule has 1 heterocycles. The van der Waals surface area contributed by atoms with Gasteiger partial charge in [0.05, 0.1) is 5.69 Å². The minimum atomic E-state index is -3.83. The van der Waals surface area contributed by atoms with Gasteiger partial charge in [-0.15, -0.1) is 0 Å². The first kappa shape index (κ1) is 15.4. The standard InChI is InChI=1S/C14H16FN3O2S/c1-10-3-5-12(15)7-13(10)18-21(19,20)14-6-4-11(8-16-2)9-17-14/h3-7,9,16,18H,8H2,1-2H3. The second kappa shape index (κ2) is 6.19. The predicted octanol–water partition coefficient (Wildman–Crippen LogP) is 2.05. The van der Waals surface area contributed by atoms with Crippen LogP contribution < -0.4 is 10.0 Å². The molecule has 0 aliphatic carbocycles. The molecule has 21 heavy (non-hydrogen) atoms. The lowest BCUT2D eigenvalue weighted by Crippen LogP contribution is -2.16. The third kappa shape index (κ3) is 3.77. The Bertz CT molecular complexity index is 730. The van der Waals surface area contributed by atoms with Crippen molar-refractivity contribution in [1.29, 1.82) is 0 Å². The maximum atomic E-state index is 13.2. The van der Waals surface area contributed by atoms with Crippen LogP contribution in [0, 0.1) is 12.7 Å². The number of rotatable bonds is 5. The van der Waals surface area contributed by atoms with Gasteiger partial charge in [-0.2, -0.15) is 8.42 Å². The summed E-state index contributed by atoms with van der Waals surface area (Å²) in [6, 6.07) is 7.02. The number of aryl methyl sites for hydroxylation is 1. The Labute approximate surface area is 123 Å². The number of anilines is 1. The van der Waals surface area contributed by atoms with Gasteiger partial charge in [0.25, 0.3) is 10.0 Å². The fourth-order valence-electron chi connectivity index (χ4n) is 1.78. The zero-order valence-corrected chi connectivity index (χ0v) is 12.5. The van der Waals surface area contributed by atoms with Gasteiger partial charge in [-0.3, -0.25) is 4.72 Å². The molecule has 0 aliphatic rings. The van der Waals surface area contributed by atoms with Crippen molar-refractivity contribution in [2.24, 2.45) is 0 Å². The zero-order chi connectivity index (χ0) is 15.5. The summed E-state index contributed by atoms with van der Waals surface area (Å²) in [6.07, 6.45) is 1.49. The van der Waals surface area contributed by atoms with Gasteiger partial charge in [-0.1, -0.05) is 12.1 Å². The Morgan fingerprint density at radius 2 is 2.00 bits per heavy atom. The van der Waals surface area contributed by atoms with Gasteiger partial charge in [0.15, 0.2) is 5.03 Å². The molecule has 0 radical (unpaired) electrons. The predicted molar refractivity (Wildman–Crippen MR) is 78.9 cm³/mol. The van der Waals surface area contributed by atoms with Gasteiger partial charge >= 0.3 is 0 Å². The van der Waals surface area contributed by atoms with Gasteiger partial charge in [-0.25, -0.2) is 9.37 Å². The summed E-state index contributed by atoms with van der Waals surface area (Å²) in [5, 5.41) is 2.84. The van der Waals surface area contributed by atoms with Crippen molar-refractivity contribution in [2.75, 3.05) is 11.8 Å². The van der Waals surface area contributed by atoms with Gasteiger partial charge in [0.1, 0.15) is 5.82 Å². The molecule has 0 fully saturated rings. The van der Waals surface area contributed by atoms with Crippen molar-refractivity contribution in [3.05, 3.63) is 53.5 Å². The summed E-state index contributed by atoms with van der Waals surface area (Å²) in [6.45, 7) is 2.30. The summed E-state index contributed by atoms with van der Waals surface area (Å²) < 4.78 is 40.0. The molecule has 112 valence electrons. The van der Waals surface area contributed by atoms with Gasteiger partial charge in [0, 0.05) is 12.7 Å². The Balaban J connectivity index is 2.27. The van der Waals surface area contributed by atoms with E-state index < -0.39 is 15.8 Å². The SMILES string of the molecule is CNCc1ccc(S(=O)(=O)Nc2cc(F)ccc2C)nc1. The second-order valence-corrected chi connectivity index (χ2v) is 6.23. The lowest BCUT2D eigenvalue weighted by atomic mass is 10.2. The maximum absolute atomic E-state index is 13.2. The lowest BCUT2D eigenvalue weighted by molar-refractivity contribution is 0.597. The van der Waals surface area contributed by atoms with E-state index in [0.29, 0.717) is 12.1 Å². The smallest absolute Gasteiger partial charge is 0.279 e. The molecule has 0 spiro atoms. The van der Waals surface area contributed by atoms with Crippen LogP contribution in [0.3, 0.4) is 0 Å². The maximum Gasteiger partial charge on any atom is 0.279 e. The van der Waals surface area contributed by atoms with Crippen LogP contribution in [0.4, 0.5) is 10.1 Å². The number of hydrogen-bond donors (Lipinski definition) is 2. The fourth-order valence-corrected chi connectivity index (χ4v) is 2.83. The number of nitrogens with zero attached hydrogens (tertiary/aromatic N) is 1. The Hall–Kier alpha value is -1.99. The lowest BCUT2D eigenvalue weighted by Gasteiger charge is -2.10. The summed E-state index contributed by atoms with van der Waals surface area (Å²) in [5.74, 6) is -0.504. The molecule has 0 aliphatic heterocycles. The molecular weight excluding hydrogens is 293 g/mol. The van der Waals surface area contributed by atoms with Crippen molar-refractivity contribution in [3.63, 3.8) is 0 Å². The number of hydrogen-bond acceptors (Lipinski definition) is 4. The van der Waals surface area contributed by atoms with Crippen LogP contribution in [0.25, 0.3) is 0 Å². The van der Waals surface area contributed by atoms with E-state index in [1.54, 1.807) is 20.0 Å². The molecule has 0 saturated carbocycles. The monoisotopic (exact) mass is 309 g/mol. The number of aromatic nitrogens is 1. The molecule has 2 rings (SSSR count). The van der Waals surface area contributed by atoms with Crippen molar-refractivity contribution in [1.82, 2.24) is 10.3 Å². The van der Waals surface area contributed by atoms with Crippen LogP contribution in [0.2, 0.25) is 0 Å². The fraction of sp³-hybridized carbons (Fsp3) is 0.214. The quantitative estimate of drug-likeness (QED) is 0.887. The minimum Gasteiger partial charge on any atom is -0.316 e. The van der Waals surface area contributed by atoms with Crippen molar-refractivity contribution in [3.8, 4) is 0 Å². The highest BCUT2D eigenvalue weighted by Crippen LogP contribution is 2.20. The molecule has 5 nitrogen and oxygen atoms in total. The number of sulfonamides is 1. The second-order valence-electron chi connectivity index (χ2n) is 4.60. The van der Waals surface area contributed by atoms with E-state index in [9.17, 15) is 12.8 Å². The summed E-state index contributed by atoms with van der Waals surface area (Å²) in [7, 11) is -2.04. The zero-order valence-electron chi connectivity index (χ0n) is 11.7. The summed E-state index contributed by atoms with van der Waals surface area (Å²) in [4.78, 5) is 3.93. The van der Waals surface area contributed by atoms with Crippen LogP contribution in [0.5, 0.6) is 0 Å². The van der Waals surface area contributed by atoms with E-state index in [4.69, 9.17) is 0 Å². The van der Waals surface area contributed by atoms with Crippen molar-refractivity contribution in [2.45, 2.75) is 18.5 Å². The highest BCUT2D eigenvalue weighted by atomic mass is 32.2. The van der Waals surface area contributed by atoms with Crippen LogP contribution >= 0.6 is 0 Å². The minimum absolute atomic E-state index is 0.106. The molecule has 0 bridgehead atoms. The summed E-state index contributed by atoms with van der Waals surface area (Å²) >= 11 is 0. The van der Waals surface area contributed by atoms with Crippen LogP contribution in [-0.2, 0) is 16.6 Å². The normalized spacial score (nSPS) is 11.4. The number of benzene rings is 1. The summed E-state index contributed by atoms with van der Waals surface area (Å²) in [5.41, 5.74) is 1.71. The van der Waals surface area contributed by atoms with Crippen molar-refractivity contribution < 1.29 is 12.8 Å².